The second-order valence-corrected chi connectivity index (χ2v) is 4.07. The Balaban J connectivity index is 1.77. The van der Waals surface area contributed by atoms with Crippen molar-refractivity contribution in [2.75, 3.05) is 6.61 Å². The monoisotopic (exact) mass is 248 g/mol. The third kappa shape index (κ3) is 3.43. The van der Waals surface area contributed by atoms with Crippen molar-refractivity contribution in [1.82, 2.24) is 0 Å². The fraction of sp³-hybridized carbons (Fsp3) is 0.286. The summed E-state index contributed by atoms with van der Waals surface area (Å²) in [6.45, 7) is 0.483. The molecule has 1 aromatic heterocycles. The van der Waals surface area contributed by atoms with Gasteiger partial charge in [-0.3, -0.25) is 0 Å². The number of hydrogen-bond acceptors (Lipinski definition) is 4. The van der Waals surface area contributed by atoms with Gasteiger partial charge in [0.25, 0.3) is 0 Å². The molecule has 0 spiro atoms. The zero-order valence-electron chi connectivity index (χ0n) is 9.90. The van der Waals surface area contributed by atoms with Gasteiger partial charge in [0.1, 0.15) is 12.2 Å². The Morgan fingerprint density at radius 1 is 1.11 bits per heavy atom. The largest absolute Gasteiger partial charge is 0.472 e. The maximum absolute atomic E-state index is 9.79. The second-order valence-electron chi connectivity index (χ2n) is 4.07. The summed E-state index contributed by atoms with van der Waals surface area (Å²) in [5.41, 5.74) is 1.58. The predicted octanol–water partition coefficient (Wildman–Crippen LogP) is 1.89. The molecule has 2 N–H and O–H groups in total. The Labute approximate surface area is 105 Å². The lowest BCUT2D eigenvalue weighted by Crippen LogP contribution is -2.23. The lowest BCUT2D eigenvalue weighted by molar-refractivity contribution is -0.0436. The minimum absolute atomic E-state index is 0.0707. The molecule has 0 unspecified atom stereocenters. The molecule has 96 valence electrons. The van der Waals surface area contributed by atoms with Crippen molar-refractivity contribution in [3.63, 3.8) is 0 Å². The molecule has 0 bridgehead atoms. The van der Waals surface area contributed by atoms with Gasteiger partial charge in [0, 0.05) is 5.56 Å². The number of rotatable bonds is 6. The van der Waals surface area contributed by atoms with E-state index in [1.807, 2.05) is 30.3 Å². The Morgan fingerprint density at radius 2 is 1.89 bits per heavy atom. The molecule has 18 heavy (non-hydrogen) atoms. The lowest BCUT2D eigenvalue weighted by Gasteiger charge is -2.16. The molecule has 1 heterocycles. The van der Waals surface area contributed by atoms with Crippen LogP contribution in [-0.4, -0.2) is 22.9 Å². The number of furan rings is 1. The molecular formula is C14H16O4. The molecular weight excluding hydrogens is 232 g/mol. The zero-order valence-corrected chi connectivity index (χ0v) is 9.90. The van der Waals surface area contributed by atoms with Crippen molar-refractivity contribution in [3.05, 3.63) is 60.1 Å². The summed E-state index contributed by atoms with van der Waals surface area (Å²) in [6.07, 6.45) is 0.909. The molecule has 0 fully saturated rings. The topological polar surface area (TPSA) is 62.8 Å². The van der Waals surface area contributed by atoms with Gasteiger partial charge in [-0.25, -0.2) is 0 Å². The van der Waals surface area contributed by atoms with Gasteiger partial charge in [0.2, 0.25) is 0 Å². The van der Waals surface area contributed by atoms with Crippen molar-refractivity contribution in [1.29, 1.82) is 0 Å². The Morgan fingerprint density at radius 3 is 2.56 bits per heavy atom. The molecule has 1 aromatic carbocycles. The molecule has 2 rings (SSSR count). The van der Waals surface area contributed by atoms with Crippen molar-refractivity contribution >= 4 is 0 Å². The number of benzene rings is 1. The molecule has 0 aliphatic carbocycles. The third-order valence-corrected chi connectivity index (χ3v) is 2.65. The maximum Gasteiger partial charge on any atom is 0.110 e. The van der Waals surface area contributed by atoms with E-state index in [4.69, 9.17) is 9.15 Å². The highest BCUT2D eigenvalue weighted by Gasteiger charge is 2.19. The molecule has 4 nitrogen and oxygen atoms in total. The van der Waals surface area contributed by atoms with Crippen LogP contribution in [0.15, 0.2) is 53.3 Å². The summed E-state index contributed by atoms with van der Waals surface area (Å²) < 4.78 is 10.2. The summed E-state index contributed by atoms with van der Waals surface area (Å²) in [4.78, 5) is 0. The van der Waals surface area contributed by atoms with Gasteiger partial charge in [-0.05, 0) is 11.6 Å². The van der Waals surface area contributed by atoms with E-state index in [0.717, 1.165) is 5.56 Å². The highest BCUT2D eigenvalue weighted by Crippen LogP contribution is 2.17. The van der Waals surface area contributed by atoms with Crippen molar-refractivity contribution in [2.24, 2.45) is 0 Å². The van der Waals surface area contributed by atoms with E-state index < -0.39 is 12.2 Å². The van der Waals surface area contributed by atoms with Gasteiger partial charge in [-0.2, -0.15) is 0 Å². The minimum atomic E-state index is -0.987. The number of aliphatic hydroxyl groups excluding tert-OH is 2. The molecule has 0 amide bonds. The summed E-state index contributed by atoms with van der Waals surface area (Å²) in [5.74, 6) is 0. The van der Waals surface area contributed by atoms with E-state index in [1.54, 1.807) is 6.07 Å². The summed E-state index contributed by atoms with van der Waals surface area (Å²) in [6, 6.07) is 11.3. The fourth-order valence-electron chi connectivity index (χ4n) is 1.63. The van der Waals surface area contributed by atoms with Crippen LogP contribution in [0, 0.1) is 0 Å². The van der Waals surface area contributed by atoms with Gasteiger partial charge < -0.3 is 19.4 Å². The van der Waals surface area contributed by atoms with Crippen LogP contribution in [-0.2, 0) is 11.3 Å². The van der Waals surface area contributed by atoms with E-state index >= 15 is 0 Å². The van der Waals surface area contributed by atoms with E-state index in [1.165, 1.54) is 12.5 Å². The average molecular weight is 248 g/mol. The van der Waals surface area contributed by atoms with E-state index in [2.05, 4.69) is 0 Å². The molecule has 0 aliphatic heterocycles. The Kier molecular flexibility index (Phi) is 4.52. The van der Waals surface area contributed by atoms with E-state index in [9.17, 15) is 10.2 Å². The minimum Gasteiger partial charge on any atom is -0.472 e. The third-order valence-electron chi connectivity index (χ3n) is 2.65. The molecule has 0 saturated heterocycles. The molecule has 4 heteroatoms. The maximum atomic E-state index is 9.79. The molecule has 2 aromatic rings. The average Bonchev–Trinajstić information content (AvgIpc) is 2.93. The highest BCUT2D eigenvalue weighted by atomic mass is 16.5. The SMILES string of the molecule is O[C@H](COCc1ccccc1)[C@H](O)c1ccoc1. The second kappa shape index (κ2) is 6.35. The fourth-order valence-corrected chi connectivity index (χ4v) is 1.63. The molecule has 0 radical (unpaired) electrons. The van der Waals surface area contributed by atoms with Crippen molar-refractivity contribution in [3.8, 4) is 0 Å². The number of ether oxygens (including phenoxy) is 1. The predicted molar refractivity (Wildman–Crippen MR) is 65.8 cm³/mol. The lowest BCUT2D eigenvalue weighted by atomic mass is 10.1. The first-order chi connectivity index (χ1) is 8.77. The van der Waals surface area contributed by atoms with Crippen LogP contribution >= 0.6 is 0 Å². The van der Waals surface area contributed by atoms with Gasteiger partial charge in [-0.1, -0.05) is 30.3 Å². The van der Waals surface area contributed by atoms with Crippen LogP contribution in [0.1, 0.15) is 17.2 Å². The summed E-state index contributed by atoms with van der Waals surface area (Å²) in [5, 5.41) is 19.5. The molecule has 0 saturated carbocycles. The van der Waals surface area contributed by atoms with Gasteiger partial charge in [-0.15, -0.1) is 0 Å². The van der Waals surface area contributed by atoms with Crippen LogP contribution in [0.3, 0.4) is 0 Å². The van der Waals surface area contributed by atoms with Crippen LogP contribution < -0.4 is 0 Å². The summed E-state index contributed by atoms with van der Waals surface area (Å²) in [7, 11) is 0. The molecule has 0 aliphatic rings. The first-order valence-electron chi connectivity index (χ1n) is 5.77. The van der Waals surface area contributed by atoms with Crippen LogP contribution in [0.25, 0.3) is 0 Å². The smallest absolute Gasteiger partial charge is 0.110 e. The van der Waals surface area contributed by atoms with E-state index in [-0.39, 0.29) is 6.61 Å². The van der Waals surface area contributed by atoms with Gasteiger partial charge >= 0.3 is 0 Å². The number of aliphatic hydroxyl groups is 2. The first-order valence-corrected chi connectivity index (χ1v) is 5.77. The quantitative estimate of drug-likeness (QED) is 0.819. The standard InChI is InChI=1S/C14H16O4/c15-13(14(16)12-6-7-17-9-12)10-18-8-11-4-2-1-3-5-11/h1-7,9,13-16H,8,10H2/t13-,14-/m1/s1. The van der Waals surface area contributed by atoms with Crippen molar-refractivity contribution < 1.29 is 19.4 Å². The summed E-state index contributed by atoms with van der Waals surface area (Å²) >= 11 is 0. The molecule has 2 atom stereocenters. The van der Waals surface area contributed by atoms with Crippen LogP contribution in [0.5, 0.6) is 0 Å². The van der Waals surface area contributed by atoms with E-state index in [0.29, 0.717) is 12.2 Å². The van der Waals surface area contributed by atoms with Crippen molar-refractivity contribution in [2.45, 2.75) is 18.8 Å². The Hall–Kier alpha value is -1.62. The Bertz CT molecular complexity index is 438. The van der Waals surface area contributed by atoms with Gasteiger partial charge in [0.05, 0.1) is 25.7 Å². The number of hydrogen-bond donors (Lipinski definition) is 2. The van der Waals surface area contributed by atoms with Crippen LogP contribution in [0.4, 0.5) is 0 Å². The highest BCUT2D eigenvalue weighted by molar-refractivity contribution is 5.13. The zero-order chi connectivity index (χ0) is 12.8. The van der Waals surface area contributed by atoms with Gasteiger partial charge in [0.15, 0.2) is 0 Å². The van der Waals surface area contributed by atoms with Crippen LogP contribution in [0.2, 0.25) is 0 Å². The first kappa shape index (κ1) is 12.8. The normalized spacial score (nSPS) is 14.3.